The summed E-state index contributed by atoms with van der Waals surface area (Å²) in [7, 11) is 0. The molecule has 2 aromatic heterocycles. The van der Waals surface area contributed by atoms with Crippen LogP contribution < -0.4 is 11.1 Å². The molecule has 0 bridgehead atoms. The van der Waals surface area contributed by atoms with Gasteiger partial charge in [0.2, 0.25) is 5.91 Å². The number of rotatable bonds is 4. The van der Waals surface area contributed by atoms with Gasteiger partial charge in [-0.15, -0.1) is 0 Å². The molecule has 3 aromatic rings. The fourth-order valence-corrected chi connectivity index (χ4v) is 4.06. The van der Waals surface area contributed by atoms with Gasteiger partial charge in [0.1, 0.15) is 11.5 Å². The second-order valence-corrected chi connectivity index (χ2v) is 7.77. The summed E-state index contributed by atoms with van der Waals surface area (Å²) in [5.41, 5.74) is 9.14. The van der Waals surface area contributed by atoms with Crippen molar-refractivity contribution in [1.82, 2.24) is 9.97 Å². The Morgan fingerprint density at radius 3 is 2.61 bits per heavy atom. The molecule has 4 N–H and O–H groups in total. The molecule has 1 saturated carbocycles. The Balaban J connectivity index is 1.52. The predicted molar refractivity (Wildman–Crippen MR) is 109 cm³/mol. The van der Waals surface area contributed by atoms with E-state index in [4.69, 9.17) is 5.73 Å². The molecule has 1 fully saturated rings. The Labute approximate surface area is 163 Å². The molecule has 6 heteroatoms. The van der Waals surface area contributed by atoms with Gasteiger partial charge in [0.15, 0.2) is 0 Å². The third-order valence-electron chi connectivity index (χ3n) is 5.83. The fourth-order valence-electron chi connectivity index (χ4n) is 4.06. The molecule has 1 aliphatic rings. The number of pyridine rings is 1. The Kier molecular flexibility index (Phi) is 5.13. The first-order valence-corrected chi connectivity index (χ1v) is 9.81. The van der Waals surface area contributed by atoms with Gasteiger partial charge in [-0.05, 0) is 80.5 Å². The Morgan fingerprint density at radius 2 is 1.93 bits per heavy atom. The number of carbonyl (C=O) groups excluding carboxylic acids is 1. The number of halogens is 1. The SMILES string of the molecule is C[C@@H](N)C1CCC(C(=O)Nc2ccnc3[nH]c(-c4ccc(F)cc4)cc23)CC1. The molecule has 0 spiro atoms. The van der Waals surface area contributed by atoms with Gasteiger partial charge in [-0.25, -0.2) is 9.37 Å². The number of nitrogens with one attached hydrogen (secondary N) is 2. The zero-order valence-corrected chi connectivity index (χ0v) is 15.9. The van der Waals surface area contributed by atoms with E-state index in [0.29, 0.717) is 11.6 Å². The Morgan fingerprint density at radius 1 is 1.21 bits per heavy atom. The number of H-pyrrole nitrogens is 1. The third-order valence-corrected chi connectivity index (χ3v) is 5.83. The standard InChI is InChI=1S/C22H25FN4O/c1-13(24)14-2-4-16(5-3-14)22(28)27-19-10-11-25-21-18(19)12-20(26-21)15-6-8-17(23)9-7-15/h6-14,16H,2-5,24H2,1H3,(H2,25,26,27,28)/t13-,14?,16?/m1/s1. The average Bonchev–Trinajstić information content (AvgIpc) is 3.14. The number of anilines is 1. The number of benzene rings is 1. The van der Waals surface area contributed by atoms with Crippen molar-refractivity contribution in [2.75, 3.05) is 5.32 Å². The van der Waals surface area contributed by atoms with E-state index < -0.39 is 0 Å². The quantitative estimate of drug-likeness (QED) is 0.625. The predicted octanol–water partition coefficient (Wildman–Crippen LogP) is 4.46. The van der Waals surface area contributed by atoms with Crippen LogP contribution in [0, 0.1) is 17.7 Å². The summed E-state index contributed by atoms with van der Waals surface area (Å²) in [6.45, 7) is 2.05. The summed E-state index contributed by atoms with van der Waals surface area (Å²) in [5.74, 6) is 0.318. The maximum Gasteiger partial charge on any atom is 0.227 e. The number of aromatic nitrogens is 2. The topological polar surface area (TPSA) is 83.8 Å². The van der Waals surface area contributed by atoms with Crippen molar-refractivity contribution in [2.45, 2.75) is 38.6 Å². The van der Waals surface area contributed by atoms with Gasteiger partial charge in [-0.1, -0.05) is 0 Å². The summed E-state index contributed by atoms with van der Waals surface area (Å²) in [5, 5.41) is 3.93. The number of nitrogens with two attached hydrogens (primary N) is 1. The summed E-state index contributed by atoms with van der Waals surface area (Å²) in [6.07, 6.45) is 5.43. The van der Waals surface area contributed by atoms with Crippen LogP contribution in [0.25, 0.3) is 22.3 Å². The van der Waals surface area contributed by atoms with Crippen LogP contribution in [0.4, 0.5) is 10.1 Å². The number of amides is 1. The molecule has 2 heterocycles. The van der Waals surface area contributed by atoms with Crippen LogP contribution in [0.5, 0.6) is 0 Å². The highest BCUT2D eigenvalue weighted by atomic mass is 19.1. The van der Waals surface area contributed by atoms with Crippen molar-refractivity contribution >= 4 is 22.6 Å². The monoisotopic (exact) mass is 380 g/mol. The highest BCUT2D eigenvalue weighted by Crippen LogP contribution is 2.32. The van der Waals surface area contributed by atoms with E-state index in [-0.39, 0.29) is 23.7 Å². The lowest BCUT2D eigenvalue weighted by atomic mass is 9.79. The number of hydrogen-bond donors (Lipinski definition) is 3. The number of carbonyl (C=O) groups is 1. The molecule has 0 aliphatic heterocycles. The van der Waals surface area contributed by atoms with Gasteiger partial charge in [0.25, 0.3) is 0 Å². The highest BCUT2D eigenvalue weighted by molar-refractivity contribution is 6.02. The molecular weight excluding hydrogens is 355 g/mol. The molecule has 1 amide bonds. The first-order valence-electron chi connectivity index (χ1n) is 9.81. The lowest BCUT2D eigenvalue weighted by Gasteiger charge is -2.30. The molecule has 0 unspecified atom stereocenters. The maximum atomic E-state index is 13.2. The molecule has 0 radical (unpaired) electrons. The summed E-state index contributed by atoms with van der Waals surface area (Å²) >= 11 is 0. The zero-order chi connectivity index (χ0) is 19.7. The lowest BCUT2D eigenvalue weighted by Crippen LogP contribution is -2.33. The largest absolute Gasteiger partial charge is 0.339 e. The van der Waals surface area contributed by atoms with E-state index in [1.165, 1.54) is 12.1 Å². The van der Waals surface area contributed by atoms with Crippen molar-refractivity contribution in [3.05, 3.63) is 48.4 Å². The van der Waals surface area contributed by atoms with Crippen LogP contribution in [0.3, 0.4) is 0 Å². The van der Waals surface area contributed by atoms with Crippen molar-refractivity contribution in [3.63, 3.8) is 0 Å². The molecule has 1 atom stereocenters. The van der Waals surface area contributed by atoms with Crippen LogP contribution in [-0.2, 0) is 4.79 Å². The minimum Gasteiger partial charge on any atom is -0.339 e. The molecule has 1 aliphatic carbocycles. The number of aromatic amines is 1. The Bertz CT molecular complexity index is 972. The van der Waals surface area contributed by atoms with Crippen LogP contribution in [0.2, 0.25) is 0 Å². The smallest absolute Gasteiger partial charge is 0.227 e. The first kappa shape index (κ1) is 18.6. The van der Waals surface area contributed by atoms with E-state index >= 15 is 0 Å². The highest BCUT2D eigenvalue weighted by Gasteiger charge is 2.28. The van der Waals surface area contributed by atoms with Crippen molar-refractivity contribution in [3.8, 4) is 11.3 Å². The van der Waals surface area contributed by atoms with E-state index in [1.54, 1.807) is 18.3 Å². The van der Waals surface area contributed by atoms with Gasteiger partial charge >= 0.3 is 0 Å². The molecule has 5 nitrogen and oxygen atoms in total. The van der Waals surface area contributed by atoms with Gasteiger partial charge in [0.05, 0.1) is 5.69 Å². The zero-order valence-electron chi connectivity index (χ0n) is 15.9. The van der Waals surface area contributed by atoms with E-state index in [9.17, 15) is 9.18 Å². The average molecular weight is 380 g/mol. The van der Waals surface area contributed by atoms with Crippen molar-refractivity contribution in [1.29, 1.82) is 0 Å². The normalized spacial score (nSPS) is 20.8. The van der Waals surface area contributed by atoms with Crippen molar-refractivity contribution < 1.29 is 9.18 Å². The second-order valence-electron chi connectivity index (χ2n) is 7.77. The third kappa shape index (κ3) is 3.78. The molecule has 1 aromatic carbocycles. The van der Waals surface area contributed by atoms with E-state index in [0.717, 1.165) is 48.0 Å². The summed E-state index contributed by atoms with van der Waals surface area (Å²) in [6, 6.07) is 10.2. The van der Waals surface area contributed by atoms with Crippen LogP contribution in [-0.4, -0.2) is 21.9 Å². The number of nitrogens with zero attached hydrogens (tertiary/aromatic N) is 1. The molecular formula is C22H25FN4O. The second kappa shape index (κ2) is 7.72. The van der Waals surface area contributed by atoms with Gasteiger partial charge in [-0.2, -0.15) is 0 Å². The molecule has 28 heavy (non-hydrogen) atoms. The Hall–Kier alpha value is -2.73. The number of hydrogen-bond acceptors (Lipinski definition) is 3. The fraction of sp³-hybridized carbons (Fsp3) is 0.364. The minimum absolute atomic E-state index is 0.0220. The number of fused-ring (bicyclic) bond motifs is 1. The van der Waals surface area contributed by atoms with Crippen LogP contribution >= 0.6 is 0 Å². The van der Waals surface area contributed by atoms with Gasteiger partial charge in [-0.3, -0.25) is 4.79 Å². The lowest BCUT2D eigenvalue weighted by molar-refractivity contribution is -0.121. The molecule has 4 rings (SSSR count). The van der Waals surface area contributed by atoms with Gasteiger partial charge in [0, 0.05) is 29.2 Å². The molecule has 146 valence electrons. The minimum atomic E-state index is -0.273. The van der Waals surface area contributed by atoms with E-state index in [1.807, 2.05) is 19.1 Å². The molecule has 0 saturated heterocycles. The summed E-state index contributed by atoms with van der Waals surface area (Å²) < 4.78 is 13.2. The van der Waals surface area contributed by atoms with Crippen LogP contribution in [0.1, 0.15) is 32.6 Å². The maximum absolute atomic E-state index is 13.2. The van der Waals surface area contributed by atoms with Crippen molar-refractivity contribution in [2.24, 2.45) is 17.6 Å². The summed E-state index contributed by atoms with van der Waals surface area (Å²) in [4.78, 5) is 20.4. The van der Waals surface area contributed by atoms with Gasteiger partial charge < -0.3 is 16.0 Å². The first-order chi connectivity index (χ1) is 13.5. The van der Waals surface area contributed by atoms with E-state index in [2.05, 4.69) is 15.3 Å². The van der Waals surface area contributed by atoms with Crippen LogP contribution in [0.15, 0.2) is 42.6 Å².